The summed E-state index contributed by atoms with van der Waals surface area (Å²) < 4.78 is 28.3. The van der Waals surface area contributed by atoms with Crippen LogP contribution in [-0.2, 0) is 4.74 Å². The summed E-state index contributed by atoms with van der Waals surface area (Å²) in [7, 11) is 0. The molecule has 0 aliphatic heterocycles. The van der Waals surface area contributed by atoms with Gasteiger partial charge in [-0.15, -0.1) is 0 Å². The molecule has 0 aromatic carbocycles. The van der Waals surface area contributed by atoms with E-state index < -0.39 is 13.0 Å². The molecule has 1 rings (SSSR count). The number of halogens is 2. The fraction of sp³-hybridized carbons (Fsp3) is 0.538. The van der Waals surface area contributed by atoms with Gasteiger partial charge < -0.3 is 15.4 Å². The monoisotopic (exact) mass is 287 g/mol. The first kappa shape index (κ1) is 16.3. The molecule has 20 heavy (non-hydrogen) atoms. The van der Waals surface area contributed by atoms with Crippen LogP contribution < -0.4 is 10.6 Å². The average Bonchev–Trinajstić information content (AvgIpc) is 2.44. The molecule has 2 N–H and O–H groups in total. The van der Waals surface area contributed by atoms with Gasteiger partial charge >= 0.3 is 0 Å². The lowest BCUT2D eigenvalue weighted by molar-refractivity contribution is 0.0188. The normalized spacial score (nSPS) is 10.6. The Morgan fingerprint density at radius 3 is 2.95 bits per heavy atom. The minimum atomic E-state index is -2.49. The molecule has 1 heterocycles. The van der Waals surface area contributed by atoms with E-state index in [1.54, 1.807) is 18.3 Å². The van der Waals surface area contributed by atoms with Crippen LogP contribution in [0.25, 0.3) is 0 Å². The van der Waals surface area contributed by atoms with E-state index in [2.05, 4.69) is 20.4 Å². The predicted octanol–water partition coefficient (Wildman–Crippen LogP) is 1.91. The summed E-state index contributed by atoms with van der Waals surface area (Å²) in [5.41, 5.74) is 0.465. The second kappa shape index (κ2) is 9.19. The molecule has 0 radical (unpaired) electrons. The maximum absolute atomic E-state index is 11.8. The smallest absolute Gasteiger partial charge is 0.261 e. The number of amides is 1. The van der Waals surface area contributed by atoms with E-state index in [0.29, 0.717) is 11.4 Å². The van der Waals surface area contributed by atoms with Gasteiger partial charge in [0.1, 0.15) is 12.4 Å². The third-order valence-electron chi connectivity index (χ3n) is 2.35. The van der Waals surface area contributed by atoms with Crippen molar-refractivity contribution >= 4 is 11.7 Å². The van der Waals surface area contributed by atoms with Crippen LogP contribution >= 0.6 is 0 Å². The number of alkyl halides is 2. The van der Waals surface area contributed by atoms with Crippen LogP contribution in [0.5, 0.6) is 0 Å². The van der Waals surface area contributed by atoms with Gasteiger partial charge in [-0.25, -0.2) is 13.8 Å². The first-order valence-corrected chi connectivity index (χ1v) is 6.47. The maximum atomic E-state index is 11.8. The van der Waals surface area contributed by atoms with E-state index in [1.165, 1.54) is 0 Å². The number of carbonyl (C=O) groups is 1. The molecule has 0 saturated heterocycles. The van der Waals surface area contributed by atoms with Crippen molar-refractivity contribution in [2.24, 2.45) is 0 Å². The molecular weight excluding hydrogens is 268 g/mol. The van der Waals surface area contributed by atoms with Gasteiger partial charge in [0.25, 0.3) is 12.3 Å². The van der Waals surface area contributed by atoms with Crippen molar-refractivity contribution < 1.29 is 18.3 Å². The second-order valence-electron chi connectivity index (χ2n) is 4.08. The summed E-state index contributed by atoms with van der Waals surface area (Å²) >= 11 is 0. The summed E-state index contributed by atoms with van der Waals surface area (Å²) in [5, 5.41) is 5.67. The predicted molar refractivity (Wildman–Crippen MR) is 72.2 cm³/mol. The van der Waals surface area contributed by atoms with E-state index in [0.717, 1.165) is 13.0 Å². The summed E-state index contributed by atoms with van der Waals surface area (Å²) in [5.74, 6) is 0.348. The highest BCUT2D eigenvalue weighted by Crippen LogP contribution is 2.06. The quantitative estimate of drug-likeness (QED) is 0.681. The molecule has 0 spiro atoms. The van der Waals surface area contributed by atoms with Crippen molar-refractivity contribution in [3.63, 3.8) is 0 Å². The highest BCUT2D eigenvalue weighted by Gasteiger charge is 2.07. The number of carbonyl (C=O) groups excluding carboxylic acids is 1. The zero-order chi connectivity index (χ0) is 14.8. The SMILES string of the molecule is CCCNc1cc(C(=O)NCCOCC(F)F)ccn1. The largest absolute Gasteiger partial charge is 0.374 e. The van der Waals surface area contributed by atoms with Crippen molar-refractivity contribution in [2.75, 3.05) is 31.6 Å². The number of hydrogen-bond acceptors (Lipinski definition) is 4. The molecule has 0 aliphatic rings. The molecule has 0 aliphatic carbocycles. The molecule has 1 aromatic rings. The molecule has 0 bridgehead atoms. The Kier molecular flexibility index (Phi) is 7.49. The fourth-order valence-corrected chi connectivity index (χ4v) is 1.43. The number of aromatic nitrogens is 1. The third kappa shape index (κ3) is 6.42. The van der Waals surface area contributed by atoms with Crippen molar-refractivity contribution in [3.05, 3.63) is 23.9 Å². The van der Waals surface area contributed by atoms with Gasteiger partial charge in [-0.1, -0.05) is 6.92 Å². The maximum Gasteiger partial charge on any atom is 0.261 e. The van der Waals surface area contributed by atoms with Crippen LogP contribution in [-0.4, -0.2) is 43.6 Å². The molecule has 5 nitrogen and oxygen atoms in total. The third-order valence-corrected chi connectivity index (χ3v) is 2.35. The van der Waals surface area contributed by atoms with Gasteiger partial charge in [0.2, 0.25) is 0 Å². The highest BCUT2D eigenvalue weighted by atomic mass is 19.3. The van der Waals surface area contributed by atoms with Crippen LogP contribution in [0.15, 0.2) is 18.3 Å². The number of nitrogens with one attached hydrogen (secondary N) is 2. The standard InChI is InChI=1S/C13H19F2N3O2/c1-2-4-16-12-8-10(3-5-17-12)13(19)18-6-7-20-9-11(14)15/h3,5,8,11H,2,4,6-7,9H2,1H3,(H,16,17)(H,18,19). The topological polar surface area (TPSA) is 63.2 Å². The Morgan fingerprint density at radius 1 is 1.45 bits per heavy atom. The number of pyridine rings is 1. The number of anilines is 1. The molecule has 0 unspecified atom stereocenters. The molecule has 0 saturated carbocycles. The number of hydrogen-bond donors (Lipinski definition) is 2. The highest BCUT2D eigenvalue weighted by molar-refractivity contribution is 5.94. The van der Waals surface area contributed by atoms with Gasteiger partial charge in [0, 0.05) is 24.8 Å². The van der Waals surface area contributed by atoms with Crippen LogP contribution in [0.3, 0.4) is 0 Å². The Morgan fingerprint density at radius 2 is 2.25 bits per heavy atom. The van der Waals surface area contributed by atoms with Crippen molar-refractivity contribution in [2.45, 2.75) is 19.8 Å². The van der Waals surface area contributed by atoms with Crippen molar-refractivity contribution in [1.29, 1.82) is 0 Å². The minimum Gasteiger partial charge on any atom is -0.374 e. The van der Waals surface area contributed by atoms with E-state index in [4.69, 9.17) is 0 Å². The van der Waals surface area contributed by atoms with Gasteiger partial charge in [-0.05, 0) is 18.6 Å². The Bertz CT molecular complexity index is 416. The molecule has 1 amide bonds. The Balaban J connectivity index is 2.35. The zero-order valence-corrected chi connectivity index (χ0v) is 11.4. The second-order valence-corrected chi connectivity index (χ2v) is 4.08. The molecule has 112 valence electrons. The molecule has 0 atom stereocenters. The minimum absolute atomic E-state index is 0.0576. The van der Waals surface area contributed by atoms with Crippen LogP contribution in [0.1, 0.15) is 23.7 Å². The first-order valence-electron chi connectivity index (χ1n) is 6.47. The van der Waals surface area contributed by atoms with Crippen molar-refractivity contribution in [3.8, 4) is 0 Å². The lowest BCUT2D eigenvalue weighted by Crippen LogP contribution is -2.28. The molecule has 1 aromatic heterocycles. The number of nitrogens with zero attached hydrogens (tertiary/aromatic N) is 1. The van der Waals surface area contributed by atoms with E-state index in [9.17, 15) is 13.6 Å². The summed E-state index contributed by atoms with van der Waals surface area (Å²) in [6, 6.07) is 3.23. The van der Waals surface area contributed by atoms with Crippen LogP contribution in [0.2, 0.25) is 0 Å². The van der Waals surface area contributed by atoms with Crippen LogP contribution in [0, 0.1) is 0 Å². The summed E-state index contributed by atoms with van der Waals surface area (Å²) in [6.45, 7) is 2.44. The van der Waals surface area contributed by atoms with Gasteiger partial charge in [0.05, 0.1) is 6.61 Å². The Hall–Kier alpha value is -1.76. The molecule has 0 fully saturated rings. The average molecular weight is 287 g/mol. The van der Waals surface area contributed by atoms with E-state index in [1.807, 2.05) is 6.92 Å². The van der Waals surface area contributed by atoms with Gasteiger partial charge in [0.15, 0.2) is 0 Å². The van der Waals surface area contributed by atoms with Crippen LogP contribution in [0.4, 0.5) is 14.6 Å². The lowest BCUT2D eigenvalue weighted by Gasteiger charge is -2.08. The summed E-state index contributed by atoms with van der Waals surface area (Å²) in [4.78, 5) is 15.9. The van der Waals surface area contributed by atoms with E-state index >= 15 is 0 Å². The lowest BCUT2D eigenvalue weighted by atomic mass is 10.2. The zero-order valence-electron chi connectivity index (χ0n) is 11.4. The van der Waals surface area contributed by atoms with Gasteiger partial charge in [-0.3, -0.25) is 4.79 Å². The fourth-order valence-electron chi connectivity index (χ4n) is 1.43. The van der Waals surface area contributed by atoms with Crippen molar-refractivity contribution in [1.82, 2.24) is 10.3 Å². The van der Waals surface area contributed by atoms with E-state index in [-0.39, 0.29) is 19.1 Å². The number of ether oxygens (including phenoxy) is 1. The van der Waals surface area contributed by atoms with Gasteiger partial charge in [-0.2, -0.15) is 0 Å². The molecule has 7 heteroatoms. The molecular formula is C13H19F2N3O2. The Labute approximate surface area is 116 Å². The first-order chi connectivity index (χ1) is 9.63. The number of rotatable bonds is 9. The summed E-state index contributed by atoms with van der Waals surface area (Å²) in [6.07, 6.45) is 0.0119.